The molecule has 1 N–H and O–H groups in total. The van der Waals surface area contributed by atoms with Crippen LogP contribution in [-0.2, 0) is 16.1 Å². The molecule has 0 saturated carbocycles. The quantitative estimate of drug-likeness (QED) is 0.560. The van der Waals surface area contributed by atoms with E-state index in [1.807, 2.05) is 39.0 Å². The Morgan fingerprint density at radius 1 is 1.17 bits per heavy atom. The molecule has 0 bridgehead atoms. The number of amides is 2. The van der Waals surface area contributed by atoms with Crippen molar-refractivity contribution in [2.45, 2.75) is 33.7 Å². The third-order valence-corrected chi connectivity index (χ3v) is 6.63. The second-order valence-electron chi connectivity index (χ2n) is 8.71. The maximum Gasteiger partial charge on any atom is 0.258 e. The second kappa shape index (κ2) is 9.77. The van der Waals surface area contributed by atoms with Gasteiger partial charge in [0.25, 0.3) is 5.56 Å². The summed E-state index contributed by atoms with van der Waals surface area (Å²) in [4.78, 5) is 49.5. The number of carbonyl (C=O) groups is 2. The van der Waals surface area contributed by atoms with Gasteiger partial charge >= 0.3 is 0 Å². The number of nitrogens with one attached hydrogen (secondary N) is 1. The van der Waals surface area contributed by atoms with Crippen LogP contribution in [-0.4, -0.2) is 54.0 Å². The van der Waals surface area contributed by atoms with Crippen LogP contribution >= 0.6 is 0 Å². The van der Waals surface area contributed by atoms with Gasteiger partial charge < -0.3 is 24.3 Å². The molecule has 1 aliphatic heterocycles. The molecule has 9 heteroatoms. The van der Waals surface area contributed by atoms with E-state index in [1.165, 1.54) is 14.2 Å². The number of aromatic amines is 1. The lowest BCUT2D eigenvalue weighted by atomic mass is 10.1. The molecular weight excluding hydrogens is 448 g/mol. The number of fused-ring (bicyclic) bond motifs is 1. The zero-order valence-corrected chi connectivity index (χ0v) is 20.7. The molecule has 2 heterocycles. The smallest absolute Gasteiger partial charge is 0.258 e. The van der Waals surface area contributed by atoms with Gasteiger partial charge in [0.1, 0.15) is 5.82 Å². The van der Waals surface area contributed by atoms with Crippen LogP contribution in [0.3, 0.4) is 0 Å². The van der Waals surface area contributed by atoms with Crippen LogP contribution in [0, 0.1) is 19.8 Å². The van der Waals surface area contributed by atoms with Gasteiger partial charge in [-0.15, -0.1) is 0 Å². The van der Waals surface area contributed by atoms with Gasteiger partial charge in [-0.3, -0.25) is 14.4 Å². The van der Waals surface area contributed by atoms with Gasteiger partial charge in [0.05, 0.1) is 37.6 Å². The number of methoxy groups -OCH3 is 2. The van der Waals surface area contributed by atoms with Crippen LogP contribution < -0.4 is 19.9 Å². The highest BCUT2D eigenvalue weighted by Gasteiger charge is 2.37. The molecule has 1 saturated heterocycles. The van der Waals surface area contributed by atoms with Gasteiger partial charge in [0.2, 0.25) is 11.8 Å². The molecule has 9 nitrogen and oxygen atoms in total. The first-order valence-corrected chi connectivity index (χ1v) is 11.6. The van der Waals surface area contributed by atoms with Crippen LogP contribution in [0.15, 0.2) is 35.1 Å². The molecule has 4 rings (SSSR count). The SMILES string of the molecule is CCN(Cc1nc2cc(OC)c(OC)cc2c(=O)[nH]1)C(=O)[C@H]1CC(=O)N(c2cccc(C)c2C)C1. The van der Waals surface area contributed by atoms with Crippen molar-refractivity contribution in [3.05, 3.63) is 57.6 Å². The Kier molecular flexibility index (Phi) is 6.77. The van der Waals surface area contributed by atoms with E-state index < -0.39 is 5.92 Å². The number of aryl methyl sites for hydroxylation is 1. The summed E-state index contributed by atoms with van der Waals surface area (Å²) in [7, 11) is 3.01. The van der Waals surface area contributed by atoms with Crippen molar-refractivity contribution in [2.24, 2.45) is 5.92 Å². The van der Waals surface area contributed by atoms with Crippen LogP contribution in [0.25, 0.3) is 10.9 Å². The lowest BCUT2D eigenvalue weighted by molar-refractivity contribution is -0.136. The fourth-order valence-corrected chi connectivity index (χ4v) is 4.51. The van der Waals surface area contributed by atoms with E-state index in [9.17, 15) is 14.4 Å². The average Bonchev–Trinajstić information content (AvgIpc) is 3.24. The van der Waals surface area contributed by atoms with Crippen molar-refractivity contribution in [3.8, 4) is 11.5 Å². The Bertz CT molecular complexity index is 1350. The molecule has 0 aliphatic carbocycles. The molecular formula is C26H30N4O5. The summed E-state index contributed by atoms with van der Waals surface area (Å²) in [6, 6.07) is 9.06. The number of aromatic nitrogens is 2. The maximum absolute atomic E-state index is 13.4. The van der Waals surface area contributed by atoms with E-state index in [0.717, 1.165) is 16.8 Å². The molecule has 1 aliphatic rings. The van der Waals surface area contributed by atoms with Crippen molar-refractivity contribution in [1.29, 1.82) is 0 Å². The standard InChI is InChI=1S/C26H30N4O5/c1-6-29(14-23-27-19-12-22(35-5)21(34-4)11-18(19)25(32)28-23)26(33)17-10-24(31)30(13-17)20-9-7-8-15(2)16(20)3/h7-9,11-12,17H,6,10,13-14H2,1-5H3,(H,27,28,32)/t17-/m0/s1. The van der Waals surface area contributed by atoms with Gasteiger partial charge in [0, 0.05) is 31.3 Å². The molecule has 3 aromatic rings. The lowest BCUT2D eigenvalue weighted by Crippen LogP contribution is -2.37. The molecule has 2 aromatic carbocycles. The predicted octanol–water partition coefficient (Wildman–Crippen LogP) is 2.96. The summed E-state index contributed by atoms with van der Waals surface area (Å²) < 4.78 is 10.6. The predicted molar refractivity (Wildman–Crippen MR) is 133 cm³/mol. The van der Waals surface area contributed by atoms with Gasteiger partial charge in [-0.25, -0.2) is 4.98 Å². The Balaban J connectivity index is 1.56. The van der Waals surface area contributed by atoms with Crippen LogP contribution in [0.2, 0.25) is 0 Å². The number of rotatable bonds is 7. The van der Waals surface area contributed by atoms with Crippen molar-refractivity contribution >= 4 is 28.4 Å². The van der Waals surface area contributed by atoms with Gasteiger partial charge in [0.15, 0.2) is 11.5 Å². The fraction of sp³-hybridized carbons (Fsp3) is 0.385. The monoisotopic (exact) mass is 478 g/mol. The highest BCUT2D eigenvalue weighted by atomic mass is 16.5. The minimum absolute atomic E-state index is 0.0635. The Labute approximate surface area is 203 Å². The normalized spacial score (nSPS) is 15.5. The van der Waals surface area contributed by atoms with Crippen molar-refractivity contribution in [3.63, 3.8) is 0 Å². The highest BCUT2D eigenvalue weighted by molar-refractivity contribution is 6.01. The largest absolute Gasteiger partial charge is 0.493 e. The molecule has 35 heavy (non-hydrogen) atoms. The van der Waals surface area contributed by atoms with Crippen LogP contribution in [0.5, 0.6) is 11.5 Å². The number of H-pyrrole nitrogens is 1. The van der Waals surface area contributed by atoms with Crippen LogP contribution in [0.4, 0.5) is 5.69 Å². The summed E-state index contributed by atoms with van der Waals surface area (Å²) in [5, 5.41) is 0.367. The highest BCUT2D eigenvalue weighted by Crippen LogP contribution is 2.31. The van der Waals surface area contributed by atoms with Gasteiger partial charge in [-0.2, -0.15) is 0 Å². The number of anilines is 1. The first-order chi connectivity index (χ1) is 16.8. The van der Waals surface area contributed by atoms with E-state index in [2.05, 4.69) is 9.97 Å². The number of hydrogen-bond donors (Lipinski definition) is 1. The molecule has 0 unspecified atom stereocenters. The van der Waals surface area contributed by atoms with Crippen LogP contribution in [0.1, 0.15) is 30.3 Å². The first kappa shape index (κ1) is 24.3. The summed E-state index contributed by atoms with van der Waals surface area (Å²) >= 11 is 0. The minimum Gasteiger partial charge on any atom is -0.493 e. The maximum atomic E-state index is 13.4. The van der Waals surface area contributed by atoms with Gasteiger partial charge in [-0.1, -0.05) is 12.1 Å². The second-order valence-corrected chi connectivity index (χ2v) is 8.71. The molecule has 1 atom stereocenters. The van der Waals surface area contributed by atoms with E-state index in [0.29, 0.717) is 41.3 Å². The summed E-state index contributed by atoms with van der Waals surface area (Å²) in [6.07, 6.45) is 0.154. The molecule has 0 spiro atoms. The molecule has 1 aromatic heterocycles. The topological polar surface area (TPSA) is 105 Å². The first-order valence-electron chi connectivity index (χ1n) is 11.6. The number of hydrogen-bond acceptors (Lipinski definition) is 6. The van der Waals surface area contributed by atoms with Crippen molar-refractivity contribution in [1.82, 2.24) is 14.9 Å². The number of ether oxygens (including phenoxy) is 2. The Morgan fingerprint density at radius 3 is 2.57 bits per heavy atom. The van der Waals surface area contributed by atoms with E-state index in [4.69, 9.17) is 9.47 Å². The number of benzene rings is 2. The van der Waals surface area contributed by atoms with E-state index in [1.54, 1.807) is 21.9 Å². The van der Waals surface area contributed by atoms with E-state index in [-0.39, 0.29) is 30.3 Å². The van der Waals surface area contributed by atoms with Gasteiger partial charge in [-0.05, 0) is 44.0 Å². The molecule has 0 radical (unpaired) electrons. The number of carbonyl (C=O) groups excluding carboxylic acids is 2. The number of nitrogens with zero attached hydrogens (tertiary/aromatic N) is 3. The summed E-state index contributed by atoms with van der Waals surface area (Å²) in [6.45, 7) is 6.73. The Hall–Kier alpha value is -3.88. The average molecular weight is 479 g/mol. The zero-order valence-electron chi connectivity index (χ0n) is 20.7. The molecule has 2 amide bonds. The van der Waals surface area contributed by atoms with Crippen molar-refractivity contribution < 1.29 is 19.1 Å². The fourth-order valence-electron chi connectivity index (χ4n) is 4.51. The molecule has 1 fully saturated rings. The third-order valence-electron chi connectivity index (χ3n) is 6.63. The third kappa shape index (κ3) is 4.58. The lowest BCUT2D eigenvalue weighted by Gasteiger charge is -2.24. The minimum atomic E-state index is -0.459. The zero-order chi connectivity index (χ0) is 25.3. The summed E-state index contributed by atoms with van der Waals surface area (Å²) in [5.41, 5.74) is 3.10. The van der Waals surface area contributed by atoms with Crippen molar-refractivity contribution in [2.75, 3.05) is 32.2 Å². The Morgan fingerprint density at radius 2 is 1.89 bits per heavy atom. The molecule has 184 valence electrons. The summed E-state index contributed by atoms with van der Waals surface area (Å²) in [5.74, 6) is 0.600. The van der Waals surface area contributed by atoms with E-state index >= 15 is 0 Å².